The lowest BCUT2D eigenvalue weighted by molar-refractivity contribution is 0.0287. The first kappa shape index (κ1) is 15.2. The highest BCUT2D eigenvalue weighted by atomic mass is 16.3. The van der Waals surface area contributed by atoms with E-state index in [2.05, 4.69) is 17.9 Å². The van der Waals surface area contributed by atoms with Gasteiger partial charge in [0.05, 0.1) is 6.10 Å². The highest BCUT2D eigenvalue weighted by molar-refractivity contribution is 5.96. The Bertz CT molecular complexity index is 464. The smallest absolute Gasteiger partial charge is 0.164 e. The van der Waals surface area contributed by atoms with Crippen molar-refractivity contribution in [2.75, 3.05) is 19.6 Å². The first-order valence-corrected chi connectivity index (χ1v) is 7.47. The molecule has 0 saturated carbocycles. The van der Waals surface area contributed by atoms with Crippen molar-refractivity contribution in [2.24, 2.45) is 5.92 Å². The number of aryl methyl sites for hydroxylation is 2. The number of aliphatic hydroxyl groups excluding tert-OH is 1. The quantitative estimate of drug-likeness (QED) is 0.859. The molecule has 3 nitrogen and oxygen atoms in total. The summed E-state index contributed by atoms with van der Waals surface area (Å²) in [5.74, 6) is 0.575. The van der Waals surface area contributed by atoms with Crippen molar-refractivity contribution in [3.8, 4) is 0 Å². The second kappa shape index (κ2) is 6.51. The molecule has 0 spiro atoms. The van der Waals surface area contributed by atoms with E-state index in [-0.39, 0.29) is 11.9 Å². The van der Waals surface area contributed by atoms with E-state index in [1.807, 2.05) is 26.0 Å². The van der Waals surface area contributed by atoms with Crippen LogP contribution in [-0.4, -0.2) is 41.5 Å². The van der Waals surface area contributed by atoms with Gasteiger partial charge >= 0.3 is 0 Å². The number of hydrogen-bond acceptors (Lipinski definition) is 3. The van der Waals surface area contributed by atoms with Gasteiger partial charge in [0.15, 0.2) is 5.78 Å². The molecule has 0 amide bonds. The first-order chi connectivity index (χ1) is 9.45. The minimum atomic E-state index is -0.250. The van der Waals surface area contributed by atoms with E-state index in [0.29, 0.717) is 18.9 Å². The summed E-state index contributed by atoms with van der Waals surface area (Å²) in [6.07, 6.45) is 1.29. The van der Waals surface area contributed by atoms with Gasteiger partial charge in [-0.25, -0.2) is 0 Å². The third-order valence-corrected chi connectivity index (χ3v) is 4.20. The van der Waals surface area contributed by atoms with Crippen molar-refractivity contribution in [3.05, 3.63) is 34.9 Å². The second-order valence-corrected chi connectivity index (χ2v) is 6.18. The topological polar surface area (TPSA) is 40.5 Å². The normalized spacial score (nSPS) is 23.8. The molecule has 1 fully saturated rings. The summed E-state index contributed by atoms with van der Waals surface area (Å²) >= 11 is 0. The highest BCUT2D eigenvalue weighted by Crippen LogP contribution is 2.18. The number of rotatable bonds is 4. The molecule has 0 radical (unpaired) electrons. The Morgan fingerprint density at radius 2 is 1.95 bits per heavy atom. The first-order valence-electron chi connectivity index (χ1n) is 7.47. The van der Waals surface area contributed by atoms with E-state index in [1.54, 1.807) is 0 Å². The maximum Gasteiger partial charge on any atom is 0.164 e. The van der Waals surface area contributed by atoms with Crippen molar-refractivity contribution >= 4 is 5.78 Å². The fourth-order valence-corrected chi connectivity index (χ4v) is 2.86. The van der Waals surface area contributed by atoms with Gasteiger partial charge in [-0.2, -0.15) is 0 Å². The molecule has 1 aromatic carbocycles. The number of likely N-dealkylation sites (tertiary alicyclic amines) is 1. The van der Waals surface area contributed by atoms with Gasteiger partial charge < -0.3 is 10.0 Å². The maximum atomic E-state index is 12.2. The zero-order chi connectivity index (χ0) is 14.7. The lowest BCUT2D eigenvalue weighted by Crippen LogP contribution is -2.43. The van der Waals surface area contributed by atoms with Gasteiger partial charge in [-0.05, 0) is 44.9 Å². The van der Waals surface area contributed by atoms with Crippen LogP contribution in [0.5, 0.6) is 0 Å². The molecular weight excluding hydrogens is 250 g/mol. The van der Waals surface area contributed by atoms with E-state index in [1.165, 1.54) is 0 Å². The van der Waals surface area contributed by atoms with Crippen LogP contribution in [0.15, 0.2) is 18.2 Å². The molecule has 1 aliphatic rings. The van der Waals surface area contributed by atoms with E-state index in [9.17, 15) is 9.90 Å². The van der Waals surface area contributed by atoms with Gasteiger partial charge in [0, 0.05) is 25.1 Å². The maximum absolute atomic E-state index is 12.2. The summed E-state index contributed by atoms with van der Waals surface area (Å²) in [6.45, 7) is 8.55. The molecule has 3 heteroatoms. The average molecular weight is 275 g/mol. The van der Waals surface area contributed by atoms with Gasteiger partial charge in [-0.3, -0.25) is 4.79 Å². The van der Waals surface area contributed by atoms with Crippen molar-refractivity contribution in [3.63, 3.8) is 0 Å². The number of carbonyl (C=O) groups excluding carboxylic acids is 1. The monoisotopic (exact) mass is 275 g/mol. The van der Waals surface area contributed by atoms with Gasteiger partial charge in [-0.15, -0.1) is 0 Å². The van der Waals surface area contributed by atoms with Crippen molar-refractivity contribution in [1.82, 2.24) is 4.90 Å². The Hall–Kier alpha value is -1.19. The van der Waals surface area contributed by atoms with Crippen molar-refractivity contribution in [2.45, 2.75) is 39.7 Å². The van der Waals surface area contributed by atoms with Crippen LogP contribution in [0.4, 0.5) is 0 Å². The number of benzene rings is 1. The Morgan fingerprint density at radius 1 is 1.30 bits per heavy atom. The molecule has 20 heavy (non-hydrogen) atoms. The van der Waals surface area contributed by atoms with Crippen LogP contribution < -0.4 is 0 Å². The third kappa shape index (κ3) is 3.90. The second-order valence-electron chi connectivity index (χ2n) is 6.18. The average Bonchev–Trinajstić information content (AvgIpc) is 2.38. The van der Waals surface area contributed by atoms with Crippen LogP contribution in [0.1, 0.15) is 41.3 Å². The lowest BCUT2D eigenvalue weighted by Gasteiger charge is -2.34. The summed E-state index contributed by atoms with van der Waals surface area (Å²) in [7, 11) is 0. The van der Waals surface area contributed by atoms with Crippen LogP contribution in [0.25, 0.3) is 0 Å². The van der Waals surface area contributed by atoms with Gasteiger partial charge in [0.25, 0.3) is 0 Å². The van der Waals surface area contributed by atoms with E-state index in [0.717, 1.165) is 36.2 Å². The van der Waals surface area contributed by atoms with E-state index >= 15 is 0 Å². The Labute approximate surface area is 121 Å². The van der Waals surface area contributed by atoms with E-state index < -0.39 is 0 Å². The number of aliphatic hydroxyl groups is 1. The molecule has 0 bridgehead atoms. The molecule has 2 atom stereocenters. The standard InChI is InChI=1S/C17H25NO2/c1-12-8-13(2)10-15(9-12)16(19)5-7-18-6-4-14(3)17(20)11-18/h8-10,14,17,20H,4-7,11H2,1-3H3. The summed E-state index contributed by atoms with van der Waals surface area (Å²) in [6, 6.07) is 6.00. The lowest BCUT2D eigenvalue weighted by atomic mass is 9.95. The molecule has 0 aromatic heterocycles. The summed E-state index contributed by atoms with van der Waals surface area (Å²) in [5, 5.41) is 9.88. The molecule has 1 aromatic rings. The predicted octanol–water partition coefficient (Wildman–Crippen LogP) is 2.58. The molecule has 1 saturated heterocycles. The molecule has 0 aliphatic carbocycles. The van der Waals surface area contributed by atoms with Crippen LogP contribution in [0.3, 0.4) is 0 Å². The SMILES string of the molecule is Cc1cc(C)cc(C(=O)CCN2CCC(C)C(O)C2)c1. The molecule has 2 rings (SSSR count). The Kier molecular flexibility index (Phi) is 4.95. The molecule has 1 N–H and O–H groups in total. The fraction of sp³-hybridized carbons (Fsp3) is 0.588. The zero-order valence-corrected chi connectivity index (χ0v) is 12.7. The number of carbonyl (C=O) groups is 1. The number of β-amino-alcohol motifs (C(OH)–C–C–N with tert-alkyl or cyclic N) is 1. The minimum absolute atomic E-state index is 0.199. The van der Waals surface area contributed by atoms with Crippen LogP contribution >= 0.6 is 0 Å². The van der Waals surface area contributed by atoms with E-state index in [4.69, 9.17) is 0 Å². The Morgan fingerprint density at radius 3 is 2.55 bits per heavy atom. The number of hydrogen-bond donors (Lipinski definition) is 1. The molecule has 1 heterocycles. The number of Topliss-reactive ketones (excluding diaryl/α,β-unsaturated/α-hetero) is 1. The van der Waals surface area contributed by atoms with Gasteiger partial charge in [-0.1, -0.05) is 24.1 Å². The molecule has 1 aliphatic heterocycles. The van der Waals surface area contributed by atoms with Gasteiger partial charge in [0.1, 0.15) is 0 Å². The number of nitrogens with zero attached hydrogens (tertiary/aromatic N) is 1. The van der Waals surface area contributed by atoms with Crippen molar-refractivity contribution < 1.29 is 9.90 Å². The largest absolute Gasteiger partial charge is 0.392 e. The van der Waals surface area contributed by atoms with Gasteiger partial charge in [0.2, 0.25) is 0 Å². The van der Waals surface area contributed by atoms with Crippen LogP contribution in [-0.2, 0) is 0 Å². The zero-order valence-electron chi connectivity index (χ0n) is 12.7. The number of ketones is 1. The van der Waals surface area contributed by atoms with Crippen LogP contribution in [0.2, 0.25) is 0 Å². The predicted molar refractivity (Wildman–Crippen MR) is 81.1 cm³/mol. The fourth-order valence-electron chi connectivity index (χ4n) is 2.86. The highest BCUT2D eigenvalue weighted by Gasteiger charge is 2.24. The summed E-state index contributed by atoms with van der Waals surface area (Å²) in [5.41, 5.74) is 3.08. The molecule has 110 valence electrons. The summed E-state index contributed by atoms with van der Waals surface area (Å²) < 4.78 is 0. The minimum Gasteiger partial charge on any atom is -0.392 e. The molecule has 2 unspecified atom stereocenters. The van der Waals surface area contributed by atoms with Crippen LogP contribution in [0, 0.1) is 19.8 Å². The third-order valence-electron chi connectivity index (χ3n) is 4.20. The number of piperidine rings is 1. The Balaban J connectivity index is 1.89. The molecular formula is C17H25NO2. The summed E-state index contributed by atoms with van der Waals surface area (Å²) in [4.78, 5) is 14.4. The van der Waals surface area contributed by atoms with Crippen molar-refractivity contribution in [1.29, 1.82) is 0 Å².